The Morgan fingerprint density at radius 2 is 2.05 bits per heavy atom. The SMILES string of the molecule is CNCc1cccc(NC(=O)c2ccc(Cl)cc2Br)c1. The van der Waals surface area contributed by atoms with E-state index in [1.807, 2.05) is 31.3 Å². The molecule has 2 aromatic carbocycles. The third-order valence-electron chi connectivity index (χ3n) is 2.74. The van der Waals surface area contributed by atoms with Crippen molar-refractivity contribution in [3.05, 3.63) is 63.1 Å². The highest BCUT2D eigenvalue weighted by molar-refractivity contribution is 9.10. The summed E-state index contributed by atoms with van der Waals surface area (Å²) in [6.07, 6.45) is 0. The van der Waals surface area contributed by atoms with Gasteiger partial charge in [-0.1, -0.05) is 23.7 Å². The molecule has 2 rings (SSSR count). The lowest BCUT2D eigenvalue weighted by molar-refractivity contribution is 0.102. The number of rotatable bonds is 4. The Bertz CT molecular complexity index is 631. The van der Waals surface area contributed by atoms with Gasteiger partial charge >= 0.3 is 0 Å². The molecule has 0 fully saturated rings. The first kappa shape index (κ1) is 15.0. The maximum Gasteiger partial charge on any atom is 0.256 e. The topological polar surface area (TPSA) is 41.1 Å². The van der Waals surface area contributed by atoms with Crippen LogP contribution in [0.1, 0.15) is 15.9 Å². The second-order valence-corrected chi connectivity index (χ2v) is 5.60. The van der Waals surface area contributed by atoms with Gasteiger partial charge in [0, 0.05) is 21.7 Å². The van der Waals surface area contributed by atoms with E-state index in [1.54, 1.807) is 18.2 Å². The number of carbonyl (C=O) groups is 1. The molecule has 2 aromatic rings. The lowest BCUT2D eigenvalue weighted by Crippen LogP contribution is -2.13. The highest BCUT2D eigenvalue weighted by Crippen LogP contribution is 2.22. The second kappa shape index (κ2) is 6.88. The number of nitrogens with one attached hydrogen (secondary N) is 2. The molecule has 0 heterocycles. The van der Waals surface area contributed by atoms with Crippen molar-refractivity contribution < 1.29 is 4.79 Å². The third-order valence-corrected chi connectivity index (χ3v) is 3.63. The fourth-order valence-corrected chi connectivity index (χ4v) is 2.70. The minimum atomic E-state index is -0.171. The van der Waals surface area contributed by atoms with Gasteiger partial charge in [-0.3, -0.25) is 4.79 Å². The number of amides is 1. The molecule has 0 unspecified atom stereocenters. The standard InChI is InChI=1S/C15H14BrClN2O/c1-18-9-10-3-2-4-12(7-10)19-15(20)13-6-5-11(17)8-14(13)16/h2-8,18H,9H2,1H3,(H,19,20). The summed E-state index contributed by atoms with van der Waals surface area (Å²) in [5.41, 5.74) is 2.43. The molecule has 104 valence electrons. The van der Waals surface area contributed by atoms with Crippen molar-refractivity contribution in [1.82, 2.24) is 5.32 Å². The van der Waals surface area contributed by atoms with Crippen molar-refractivity contribution >= 4 is 39.1 Å². The van der Waals surface area contributed by atoms with Crippen LogP contribution < -0.4 is 10.6 Å². The van der Waals surface area contributed by atoms with Gasteiger partial charge in [-0.05, 0) is 58.9 Å². The van der Waals surface area contributed by atoms with Crippen molar-refractivity contribution in [2.24, 2.45) is 0 Å². The quantitative estimate of drug-likeness (QED) is 0.870. The van der Waals surface area contributed by atoms with Crippen LogP contribution in [-0.2, 0) is 6.54 Å². The fraction of sp³-hybridized carbons (Fsp3) is 0.133. The number of halogens is 2. The van der Waals surface area contributed by atoms with Crippen molar-refractivity contribution in [1.29, 1.82) is 0 Å². The summed E-state index contributed by atoms with van der Waals surface area (Å²) < 4.78 is 0.675. The van der Waals surface area contributed by atoms with Crippen LogP contribution in [0.25, 0.3) is 0 Å². The van der Waals surface area contributed by atoms with Crippen molar-refractivity contribution in [2.75, 3.05) is 12.4 Å². The van der Waals surface area contributed by atoms with E-state index >= 15 is 0 Å². The third kappa shape index (κ3) is 3.82. The van der Waals surface area contributed by atoms with E-state index < -0.39 is 0 Å². The highest BCUT2D eigenvalue weighted by atomic mass is 79.9. The number of hydrogen-bond donors (Lipinski definition) is 2. The number of anilines is 1. The van der Waals surface area contributed by atoms with Gasteiger partial charge in [0.05, 0.1) is 5.56 Å². The van der Waals surface area contributed by atoms with E-state index in [9.17, 15) is 4.79 Å². The summed E-state index contributed by atoms with van der Waals surface area (Å²) in [6, 6.07) is 12.8. The van der Waals surface area contributed by atoms with Gasteiger partial charge in [0.15, 0.2) is 0 Å². The van der Waals surface area contributed by atoms with Crippen LogP contribution >= 0.6 is 27.5 Å². The molecule has 0 spiro atoms. The lowest BCUT2D eigenvalue weighted by atomic mass is 10.1. The van der Waals surface area contributed by atoms with Crippen molar-refractivity contribution in [3.8, 4) is 0 Å². The molecule has 2 N–H and O–H groups in total. The highest BCUT2D eigenvalue weighted by Gasteiger charge is 2.10. The van der Waals surface area contributed by atoms with Gasteiger partial charge in [0.25, 0.3) is 5.91 Å². The Kier molecular flexibility index (Phi) is 5.17. The van der Waals surface area contributed by atoms with Crippen LogP contribution in [-0.4, -0.2) is 13.0 Å². The predicted octanol–water partition coefficient (Wildman–Crippen LogP) is 4.07. The van der Waals surface area contributed by atoms with E-state index in [1.165, 1.54) is 0 Å². The van der Waals surface area contributed by atoms with Gasteiger partial charge in [-0.25, -0.2) is 0 Å². The zero-order valence-electron chi connectivity index (χ0n) is 10.9. The molecule has 5 heteroatoms. The van der Waals surface area contributed by atoms with E-state index in [-0.39, 0.29) is 5.91 Å². The molecule has 0 aliphatic heterocycles. The molecule has 3 nitrogen and oxygen atoms in total. The Labute approximate surface area is 131 Å². The molecule has 0 atom stereocenters. The fourth-order valence-electron chi connectivity index (χ4n) is 1.84. The van der Waals surface area contributed by atoms with Gasteiger partial charge in [0.1, 0.15) is 0 Å². The summed E-state index contributed by atoms with van der Waals surface area (Å²) >= 11 is 9.21. The maximum atomic E-state index is 12.2. The molecule has 1 amide bonds. The van der Waals surface area contributed by atoms with Crippen molar-refractivity contribution in [3.63, 3.8) is 0 Å². The predicted molar refractivity (Wildman–Crippen MR) is 86.3 cm³/mol. The Morgan fingerprint density at radius 1 is 1.25 bits per heavy atom. The molecule has 0 bridgehead atoms. The molecular formula is C15H14BrClN2O. The largest absolute Gasteiger partial charge is 0.322 e. The smallest absolute Gasteiger partial charge is 0.256 e. The van der Waals surface area contributed by atoms with Gasteiger partial charge in [-0.15, -0.1) is 0 Å². The molecule has 0 aromatic heterocycles. The van der Waals surface area contributed by atoms with Crippen LogP contribution in [0.15, 0.2) is 46.9 Å². The minimum Gasteiger partial charge on any atom is -0.322 e. The molecular weight excluding hydrogens is 340 g/mol. The van der Waals surface area contributed by atoms with E-state index in [2.05, 4.69) is 26.6 Å². The molecule has 20 heavy (non-hydrogen) atoms. The molecule has 0 saturated heterocycles. The monoisotopic (exact) mass is 352 g/mol. The summed E-state index contributed by atoms with van der Waals surface area (Å²) in [4.78, 5) is 12.2. The summed E-state index contributed by atoms with van der Waals surface area (Å²) in [6.45, 7) is 0.758. The average molecular weight is 354 g/mol. The Balaban J connectivity index is 2.17. The van der Waals surface area contributed by atoms with Crippen LogP contribution in [0.3, 0.4) is 0 Å². The lowest BCUT2D eigenvalue weighted by Gasteiger charge is -2.09. The van der Waals surface area contributed by atoms with Crippen LogP contribution in [0.5, 0.6) is 0 Å². The first-order valence-corrected chi connectivity index (χ1v) is 7.27. The van der Waals surface area contributed by atoms with E-state index in [4.69, 9.17) is 11.6 Å². The van der Waals surface area contributed by atoms with Gasteiger partial charge < -0.3 is 10.6 Å². The molecule has 0 aliphatic rings. The Morgan fingerprint density at radius 3 is 2.75 bits per heavy atom. The molecule has 0 aliphatic carbocycles. The maximum absolute atomic E-state index is 12.2. The minimum absolute atomic E-state index is 0.171. The number of hydrogen-bond acceptors (Lipinski definition) is 2. The normalized spacial score (nSPS) is 10.3. The van der Waals surface area contributed by atoms with Crippen molar-refractivity contribution in [2.45, 2.75) is 6.54 Å². The Hall–Kier alpha value is -1.36. The first-order chi connectivity index (χ1) is 9.60. The summed E-state index contributed by atoms with van der Waals surface area (Å²) in [7, 11) is 1.88. The number of carbonyl (C=O) groups excluding carboxylic acids is 1. The van der Waals surface area contributed by atoms with E-state index in [0.717, 1.165) is 17.8 Å². The average Bonchev–Trinajstić information content (AvgIpc) is 2.39. The summed E-state index contributed by atoms with van der Waals surface area (Å²) in [5, 5.41) is 6.54. The first-order valence-electron chi connectivity index (χ1n) is 6.10. The summed E-state index contributed by atoms with van der Waals surface area (Å²) in [5.74, 6) is -0.171. The van der Waals surface area contributed by atoms with Crippen LogP contribution in [0, 0.1) is 0 Å². The molecule has 0 saturated carbocycles. The van der Waals surface area contributed by atoms with Crippen LogP contribution in [0.4, 0.5) is 5.69 Å². The molecule has 0 radical (unpaired) electrons. The van der Waals surface area contributed by atoms with E-state index in [0.29, 0.717) is 15.1 Å². The van der Waals surface area contributed by atoms with Crippen LogP contribution in [0.2, 0.25) is 5.02 Å². The zero-order valence-corrected chi connectivity index (χ0v) is 13.3. The van der Waals surface area contributed by atoms with Gasteiger partial charge in [-0.2, -0.15) is 0 Å². The second-order valence-electron chi connectivity index (χ2n) is 4.31. The zero-order chi connectivity index (χ0) is 14.5. The number of benzene rings is 2. The van der Waals surface area contributed by atoms with Gasteiger partial charge in [0.2, 0.25) is 0 Å².